The molecule has 0 spiro atoms. The fourth-order valence-electron chi connectivity index (χ4n) is 5.64. The summed E-state index contributed by atoms with van der Waals surface area (Å²) in [6.07, 6.45) is 0. The molecule has 7 rings (SSSR count). The lowest BCUT2D eigenvalue weighted by atomic mass is 9.37. The van der Waals surface area contributed by atoms with E-state index >= 15 is 0 Å². The van der Waals surface area contributed by atoms with Crippen LogP contribution in [0.15, 0.2) is 121 Å². The van der Waals surface area contributed by atoms with E-state index in [-0.39, 0.29) is 6.71 Å². The molecular formula is C30H20BN. The van der Waals surface area contributed by atoms with Gasteiger partial charge >= 0.3 is 0 Å². The average molecular weight is 405 g/mol. The van der Waals surface area contributed by atoms with Crippen molar-refractivity contribution in [3.63, 3.8) is 0 Å². The van der Waals surface area contributed by atoms with Crippen LogP contribution < -0.4 is 21.3 Å². The quantitative estimate of drug-likeness (QED) is 0.337. The van der Waals surface area contributed by atoms with E-state index in [4.69, 9.17) is 0 Å². The van der Waals surface area contributed by atoms with Gasteiger partial charge in [-0.1, -0.05) is 103 Å². The largest absolute Gasteiger partial charge is 0.312 e. The van der Waals surface area contributed by atoms with Gasteiger partial charge in [-0.2, -0.15) is 0 Å². The normalized spacial score (nSPS) is 12.9. The summed E-state index contributed by atoms with van der Waals surface area (Å²) in [5, 5.41) is 0. The highest BCUT2D eigenvalue weighted by atomic mass is 15.1. The Labute approximate surface area is 188 Å². The van der Waals surface area contributed by atoms with Crippen molar-refractivity contribution in [3.8, 4) is 22.3 Å². The highest BCUT2D eigenvalue weighted by Gasteiger charge is 2.42. The van der Waals surface area contributed by atoms with Gasteiger partial charge in [-0.05, 0) is 57.4 Å². The summed E-state index contributed by atoms with van der Waals surface area (Å²) >= 11 is 0. The van der Waals surface area contributed by atoms with Crippen molar-refractivity contribution in [1.29, 1.82) is 0 Å². The Morgan fingerprint density at radius 3 is 1.94 bits per heavy atom. The fraction of sp³-hybridized carbons (Fsp3) is 0. The molecule has 0 fully saturated rings. The summed E-state index contributed by atoms with van der Waals surface area (Å²) < 4.78 is 0. The zero-order valence-electron chi connectivity index (χ0n) is 17.6. The molecule has 0 unspecified atom stereocenters. The molecule has 1 nitrogen and oxygen atoms in total. The Balaban J connectivity index is 1.57. The summed E-state index contributed by atoms with van der Waals surface area (Å²) in [7, 11) is 0. The van der Waals surface area contributed by atoms with Gasteiger partial charge < -0.3 is 4.90 Å². The minimum absolute atomic E-state index is 0.260. The van der Waals surface area contributed by atoms with Gasteiger partial charge in [0.25, 0.3) is 0 Å². The second kappa shape index (κ2) is 6.73. The number of anilines is 3. The molecule has 0 amide bonds. The summed E-state index contributed by atoms with van der Waals surface area (Å²) in [5.41, 5.74) is 13.3. The number of benzene rings is 5. The van der Waals surface area contributed by atoms with Crippen molar-refractivity contribution in [1.82, 2.24) is 0 Å². The fourth-order valence-corrected chi connectivity index (χ4v) is 5.64. The predicted molar refractivity (Wildman–Crippen MR) is 137 cm³/mol. The smallest absolute Gasteiger partial charge is 0.248 e. The Morgan fingerprint density at radius 2 is 1.09 bits per heavy atom. The second-order valence-corrected chi connectivity index (χ2v) is 8.54. The summed E-state index contributed by atoms with van der Waals surface area (Å²) in [6.45, 7) is 0.260. The SMILES string of the molecule is c1ccc(-c2cccc3c2-c2cccc4c2B3c2ccccc2N4c2ccccc2)cc1. The van der Waals surface area contributed by atoms with Crippen molar-refractivity contribution in [3.05, 3.63) is 121 Å². The van der Waals surface area contributed by atoms with E-state index < -0.39 is 0 Å². The van der Waals surface area contributed by atoms with Crippen molar-refractivity contribution < 1.29 is 0 Å². The Morgan fingerprint density at radius 1 is 0.469 bits per heavy atom. The molecule has 0 bridgehead atoms. The van der Waals surface area contributed by atoms with E-state index in [2.05, 4.69) is 126 Å². The first-order valence-corrected chi connectivity index (χ1v) is 11.2. The van der Waals surface area contributed by atoms with E-state index in [0.29, 0.717) is 0 Å². The van der Waals surface area contributed by atoms with Crippen molar-refractivity contribution in [2.24, 2.45) is 0 Å². The van der Waals surface area contributed by atoms with Crippen LogP contribution >= 0.6 is 0 Å². The molecule has 0 aliphatic carbocycles. The topological polar surface area (TPSA) is 3.24 Å². The van der Waals surface area contributed by atoms with Gasteiger partial charge in [-0.25, -0.2) is 0 Å². The van der Waals surface area contributed by atoms with Crippen LogP contribution in [0.25, 0.3) is 22.3 Å². The standard InChI is InChI=1S/C30H20BN/c1-3-11-21(12-4-1)23-15-9-18-26-29(23)24-16-10-20-28-30(24)31(26)25-17-7-8-19-27(25)32(28)22-13-5-2-6-14-22/h1-20H. The van der Waals surface area contributed by atoms with Gasteiger partial charge in [-0.15, -0.1) is 0 Å². The van der Waals surface area contributed by atoms with Crippen molar-refractivity contribution in [2.45, 2.75) is 0 Å². The monoisotopic (exact) mass is 405 g/mol. The lowest BCUT2D eigenvalue weighted by Crippen LogP contribution is -2.54. The van der Waals surface area contributed by atoms with E-state index in [1.807, 2.05) is 0 Å². The zero-order valence-corrected chi connectivity index (χ0v) is 17.6. The van der Waals surface area contributed by atoms with Gasteiger partial charge in [0.15, 0.2) is 0 Å². The number of nitrogens with zero attached hydrogens (tertiary/aromatic N) is 1. The predicted octanol–water partition coefficient (Wildman–Crippen LogP) is 5.63. The molecule has 0 saturated heterocycles. The molecule has 32 heavy (non-hydrogen) atoms. The van der Waals surface area contributed by atoms with Crippen LogP contribution in [0.5, 0.6) is 0 Å². The molecule has 0 N–H and O–H groups in total. The molecule has 2 aliphatic heterocycles. The molecule has 0 radical (unpaired) electrons. The molecule has 2 heteroatoms. The van der Waals surface area contributed by atoms with Crippen LogP contribution in [0, 0.1) is 0 Å². The number of hydrogen-bond acceptors (Lipinski definition) is 1. The zero-order chi connectivity index (χ0) is 21.1. The summed E-state index contributed by atoms with van der Waals surface area (Å²) in [6, 6.07) is 44.0. The highest BCUT2D eigenvalue weighted by Crippen LogP contribution is 2.42. The van der Waals surface area contributed by atoms with E-state index in [1.165, 1.54) is 55.7 Å². The molecule has 0 atom stereocenters. The van der Waals surface area contributed by atoms with Crippen LogP contribution in [0.1, 0.15) is 0 Å². The number of para-hydroxylation sites is 2. The van der Waals surface area contributed by atoms with E-state index in [9.17, 15) is 0 Å². The molecule has 5 aromatic rings. The van der Waals surface area contributed by atoms with E-state index in [0.717, 1.165) is 0 Å². The maximum atomic E-state index is 2.43. The van der Waals surface area contributed by atoms with Gasteiger partial charge in [0.1, 0.15) is 0 Å². The Bertz CT molecular complexity index is 1470. The molecular weight excluding hydrogens is 385 g/mol. The van der Waals surface area contributed by atoms with Gasteiger partial charge in [-0.3, -0.25) is 0 Å². The third-order valence-corrected chi connectivity index (χ3v) is 6.88. The third kappa shape index (κ3) is 2.35. The second-order valence-electron chi connectivity index (χ2n) is 8.54. The molecule has 2 aliphatic rings. The highest BCUT2D eigenvalue weighted by molar-refractivity contribution is 7.01. The summed E-state index contributed by atoms with van der Waals surface area (Å²) in [5.74, 6) is 0. The number of fused-ring (bicyclic) bond motifs is 5. The van der Waals surface area contributed by atoms with Crippen LogP contribution in [0.2, 0.25) is 0 Å². The summed E-state index contributed by atoms with van der Waals surface area (Å²) in [4.78, 5) is 2.43. The average Bonchev–Trinajstić information content (AvgIpc) is 3.22. The molecule has 2 heterocycles. The van der Waals surface area contributed by atoms with Crippen LogP contribution in [-0.4, -0.2) is 6.71 Å². The number of rotatable bonds is 2. The molecule has 148 valence electrons. The maximum Gasteiger partial charge on any atom is 0.248 e. The lowest BCUT2D eigenvalue weighted by molar-refractivity contribution is 1.30. The minimum Gasteiger partial charge on any atom is -0.312 e. The third-order valence-electron chi connectivity index (χ3n) is 6.88. The molecule has 0 saturated carbocycles. The van der Waals surface area contributed by atoms with Gasteiger partial charge in [0, 0.05) is 17.1 Å². The Kier molecular flexibility index (Phi) is 3.71. The van der Waals surface area contributed by atoms with E-state index in [1.54, 1.807) is 0 Å². The van der Waals surface area contributed by atoms with Crippen LogP contribution in [-0.2, 0) is 0 Å². The molecule has 0 aromatic heterocycles. The maximum absolute atomic E-state index is 2.43. The first kappa shape index (κ1) is 17.6. The van der Waals surface area contributed by atoms with Crippen molar-refractivity contribution >= 4 is 40.2 Å². The van der Waals surface area contributed by atoms with Gasteiger partial charge in [0.05, 0.1) is 0 Å². The molecule has 5 aromatic carbocycles. The van der Waals surface area contributed by atoms with Crippen LogP contribution in [0.4, 0.5) is 17.1 Å². The lowest BCUT2D eigenvalue weighted by Gasteiger charge is -2.35. The number of hydrogen-bond donors (Lipinski definition) is 0. The Hall–Kier alpha value is -4.04. The first-order valence-electron chi connectivity index (χ1n) is 11.2. The van der Waals surface area contributed by atoms with Gasteiger partial charge in [0.2, 0.25) is 6.71 Å². The minimum atomic E-state index is 0.260. The van der Waals surface area contributed by atoms with Crippen LogP contribution in [0.3, 0.4) is 0 Å². The van der Waals surface area contributed by atoms with Crippen molar-refractivity contribution in [2.75, 3.05) is 4.90 Å². The first-order chi connectivity index (χ1) is 15.9.